The Labute approximate surface area is 249 Å². The average Bonchev–Trinajstić information content (AvgIpc) is 3.42. The molecule has 1 aliphatic rings. The van der Waals surface area contributed by atoms with Crippen LogP contribution in [-0.4, -0.2) is 34.3 Å². The van der Waals surface area contributed by atoms with Crippen molar-refractivity contribution in [1.29, 1.82) is 0 Å². The lowest BCUT2D eigenvalue weighted by Gasteiger charge is -2.29. The summed E-state index contributed by atoms with van der Waals surface area (Å²) in [6.07, 6.45) is 1.79. The second-order valence-corrected chi connectivity index (χ2v) is 10.9. The highest BCUT2D eigenvalue weighted by Gasteiger charge is 2.42. The molecule has 206 valence electrons. The number of halogens is 2. The van der Waals surface area contributed by atoms with Crippen LogP contribution in [0.2, 0.25) is 10.0 Å². The quantitative estimate of drug-likeness (QED) is 0.228. The highest BCUT2D eigenvalue weighted by molar-refractivity contribution is 7.80. The molecule has 1 amide bonds. The van der Waals surface area contributed by atoms with Gasteiger partial charge in [0.05, 0.1) is 33.5 Å². The molecule has 0 radical (unpaired) electrons. The van der Waals surface area contributed by atoms with Gasteiger partial charge >= 0.3 is 0 Å². The summed E-state index contributed by atoms with van der Waals surface area (Å²) in [6.45, 7) is 6.07. The first kappa shape index (κ1) is 28.1. The fourth-order valence-electron chi connectivity index (χ4n) is 5.33. The molecule has 2 aromatic heterocycles. The molecule has 2 N–H and O–H groups in total. The zero-order valence-electron chi connectivity index (χ0n) is 22.5. The maximum atomic E-state index is 12.1. The number of methoxy groups -OCH3 is 1. The number of pyridine rings is 1. The molecule has 2 atom stereocenters. The van der Waals surface area contributed by atoms with Crippen molar-refractivity contribution < 1.29 is 9.53 Å². The minimum Gasteiger partial charge on any atom is -0.375 e. The summed E-state index contributed by atoms with van der Waals surface area (Å²) in [5, 5.41) is 8.00. The van der Waals surface area contributed by atoms with Crippen LogP contribution in [0.25, 0.3) is 5.69 Å². The van der Waals surface area contributed by atoms with Crippen molar-refractivity contribution in [3.8, 4) is 5.69 Å². The van der Waals surface area contributed by atoms with E-state index < -0.39 is 0 Å². The molecule has 7 nitrogen and oxygen atoms in total. The summed E-state index contributed by atoms with van der Waals surface area (Å²) in [5.41, 5.74) is 7.32. The van der Waals surface area contributed by atoms with E-state index in [9.17, 15) is 4.79 Å². The standard InChI is InChI=1S/C30H29Cl2N5O2S/c1-17-14-20(11-12-23(17)34-26(38)16-39-4)37-29(28(35-30(37)40)24-9-5-6-13-33-24)21-15-18(2)36(19(21)3)25-10-7-8-22(31)27(25)32/h5-15,28-29H,16H2,1-4H3,(H,34,38)(H,35,40)/t28-,29-/m1/s1. The molecule has 0 bridgehead atoms. The molecule has 2 aromatic carbocycles. The smallest absolute Gasteiger partial charge is 0.250 e. The Morgan fingerprint density at radius 1 is 1.10 bits per heavy atom. The summed E-state index contributed by atoms with van der Waals surface area (Å²) in [4.78, 5) is 18.9. The molecule has 0 aliphatic carbocycles. The van der Waals surface area contributed by atoms with E-state index in [1.54, 1.807) is 12.3 Å². The van der Waals surface area contributed by atoms with E-state index in [1.807, 2.05) is 55.5 Å². The lowest BCUT2D eigenvalue weighted by atomic mass is 9.96. The number of aryl methyl sites for hydroxylation is 2. The maximum absolute atomic E-state index is 12.1. The van der Waals surface area contributed by atoms with Crippen LogP contribution in [0.4, 0.5) is 11.4 Å². The predicted octanol–water partition coefficient (Wildman–Crippen LogP) is 6.87. The van der Waals surface area contributed by atoms with Gasteiger partial charge in [0.25, 0.3) is 0 Å². The minimum absolute atomic E-state index is 0.0125. The summed E-state index contributed by atoms with van der Waals surface area (Å²) in [6, 6.07) is 19.1. The summed E-state index contributed by atoms with van der Waals surface area (Å²) in [5.74, 6) is -0.211. The molecule has 0 saturated carbocycles. The Hall–Kier alpha value is -3.43. The number of benzene rings is 2. The van der Waals surface area contributed by atoms with Crippen LogP contribution in [-0.2, 0) is 9.53 Å². The van der Waals surface area contributed by atoms with Crippen molar-refractivity contribution in [3.05, 3.63) is 105 Å². The first-order valence-electron chi connectivity index (χ1n) is 12.7. The third kappa shape index (κ3) is 5.20. The number of ether oxygens (including phenoxy) is 1. The lowest BCUT2D eigenvalue weighted by molar-refractivity contribution is -0.119. The molecule has 0 spiro atoms. The van der Waals surface area contributed by atoms with Gasteiger partial charge in [-0.3, -0.25) is 9.78 Å². The van der Waals surface area contributed by atoms with Gasteiger partial charge in [0, 0.05) is 36.1 Å². The number of anilines is 2. The monoisotopic (exact) mass is 593 g/mol. The van der Waals surface area contributed by atoms with E-state index in [1.165, 1.54) is 7.11 Å². The molecule has 0 unspecified atom stereocenters. The van der Waals surface area contributed by atoms with E-state index in [0.717, 1.165) is 45.3 Å². The van der Waals surface area contributed by atoms with Gasteiger partial charge < -0.3 is 24.8 Å². The van der Waals surface area contributed by atoms with E-state index >= 15 is 0 Å². The normalized spacial score (nSPS) is 16.8. The second-order valence-electron chi connectivity index (χ2n) is 9.71. The second kappa shape index (κ2) is 11.6. The largest absolute Gasteiger partial charge is 0.375 e. The van der Waals surface area contributed by atoms with Crippen LogP contribution in [0.5, 0.6) is 0 Å². The Kier molecular flexibility index (Phi) is 8.14. The van der Waals surface area contributed by atoms with Crippen molar-refractivity contribution in [2.75, 3.05) is 23.9 Å². The summed E-state index contributed by atoms with van der Waals surface area (Å²) >= 11 is 19.0. The molecular weight excluding hydrogens is 565 g/mol. The molecule has 10 heteroatoms. The molecule has 1 fully saturated rings. The third-order valence-corrected chi connectivity index (χ3v) is 8.22. The van der Waals surface area contributed by atoms with Crippen LogP contribution < -0.4 is 15.5 Å². The number of aromatic nitrogens is 2. The number of hydrogen-bond donors (Lipinski definition) is 2. The van der Waals surface area contributed by atoms with Gasteiger partial charge in [-0.1, -0.05) is 35.3 Å². The first-order valence-corrected chi connectivity index (χ1v) is 13.9. The highest BCUT2D eigenvalue weighted by Crippen LogP contribution is 2.45. The van der Waals surface area contributed by atoms with Gasteiger partial charge in [-0.05, 0) is 92.6 Å². The minimum atomic E-state index is -0.214. The number of amides is 1. The fraction of sp³-hybridized carbons (Fsp3) is 0.233. The van der Waals surface area contributed by atoms with E-state index in [-0.39, 0.29) is 24.6 Å². The Morgan fingerprint density at radius 2 is 1.90 bits per heavy atom. The van der Waals surface area contributed by atoms with Gasteiger partial charge in [-0.15, -0.1) is 0 Å². The first-order chi connectivity index (χ1) is 19.2. The molecule has 1 aliphatic heterocycles. The van der Waals surface area contributed by atoms with Gasteiger partial charge in [0.2, 0.25) is 5.91 Å². The number of carbonyl (C=O) groups excluding carboxylic acids is 1. The fourth-order valence-corrected chi connectivity index (χ4v) is 6.05. The maximum Gasteiger partial charge on any atom is 0.250 e. The Balaban J connectivity index is 1.63. The lowest BCUT2D eigenvalue weighted by Crippen LogP contribution is -2.29. The van der Waals surface area contributed by atoms with Crippen molar-refractivity contribution >= 4 is 57.8 Å². The zero-order valence-corrected chi connectivity index (χ0v) is 24.9. The molecule has 5 rings (SSSR count). The topological polar surface area (TPSA) is 71.4 Å². The van der Waals surface area contributed by atoms with Gasteiger partial charge in [-0.25, -0.2) is 0 Å². The molecular formula is C30H29Cl2N5O2S. The van der Waals surface area contributed by atoms with E-state index in [2.05, 4.69) is 45.0 Å². The molecule has 4 aromatic rings. The van der Waals surface area contributed by atoms with Crippen LogP contribution in [0, 0.1) is 20.8 Å². The van der Waals surface area contributed by atoms with Crippen molar-refractivity contribution in [2.24, 2.45) is 0 Å². The van der Waals surface area contributed by atoms with Gasteiger partial charge in [0.1, 0.15) is 6.61 Å². The third-order valence-electron chi connectivity index (χ3n) is 7.10. The van der Waals surface area contributed by atoms with Crippen LogP contribution in [0.15, 0.2) is 66.9 Å². The summed E-state index contributed by atoms with van der Waals surface area (Å²) < 4.78 is 7.07. The highest BCUT2D eigenvalue weighted by atomic mass is 35.5. The van der Waals surface area contributed by atoms with E-state index in [0.29, 0.717) is 15.2 Å². The van der Waals surface area contributed by atoms with Crippen molar-refractivity contribution in [1.82, 2.24) is 14.9 Å². The zero-order chi connectivity index (χ0) is 28.6. The van der Waals surface area contributed by atoms with Gasteiger partial charge in [-0.2, -0.15) is 0 Å². The number of hydrogen-bond acceptors (Lipinski definition) is 4. The van der Waals surface area contributed by atoms with E-state index in [4.69, 9.17) is 40.2 Å². The summed E-state index contributed by atoms with van der Waals surface area (Å²) in [7, 11) is 1.49. The van der Waals surface area contributed by atoms with Crippen LogP contribution >= 0.6 is 35.4 Å². The van der Waals surface area contributed by atoms with Crippen molar-refractivity contribution in [3.63, 3.8) is 0 Å². The van der Waals surface area contributed by atoms with Gasteiger partial charge in [0.15, 0.2) is 5.11 Å². The molecule has 3 heterocycles. The average molecular weight is 595 g/mol. The Morgan fingerprint density at radius 3 is 2.60 bits per heavy atom. The number of carbonyl (C=O) groups is 1. The number of nitrogens with one attached hydrogen (secondary N) is 2. The Bertz CT molecular complexity index is 1590. The SMILES string of the molecule is COCC(=O)Nc1ccc(N2C(=S)N[C@H](c3ccccn3)[C@H]2c2cc(C)n(-c3cccc(Cl)c3Cl)c2C)cc1C. The number of thiocarbonyl (C=S) groups is 1. The van der Waals surface area contributed by atoms with Crippen LogP contribution in [0.1, 0.15) is 40.3 Å². The number of nitrogens with zero attached hydrogens (tertiary/aromatic N) is 3. The van der Waals surface area contributed by atoms with Crippen LogP contribution in [0.3, 0.4) is 0 Å². The predicted molar refractivity (Wildman–Crippen MR) is 165 cm³/mol. The molecule has 1 saturated heterocycles. The number of rotatable bonds is 7. The molecule has 40 heavy (non-hydrogen) atoms. The van der Waals surface area contributed by atoms with Crippen molar-refractivity contribution in [2.45, 2.75) is 32.9 Å².